The Bertz CT molecular complexity index is 1980. The molecule has 3 aromatic carbocycles. The molecule has 2 aromatic heterocycles. The summed E-state index contributed by atoms with van der Waals surface area (Å²) < 4.78 is 45.3. The number of hydrogen-bond acceptors (Lipinski definition) is 6. The van der Waals surface area contributed by atoms with Gasteiger partial charge in [0.05, 0.1) is 45.0 Å². The summed E-state index contributed by atoms with van der Waals surface area (Å²) in [5.74, 6) is 0.391. The standard InChI is InChI=1S/C28H23FN4O4S/c1-15(2)37-25-11-22-24(10-21(25)17-4-3-5-19(9-17)38(29,35)36)33(18-13-31-14-18)28-26(27(22)34)20-7-6-16(12-30)8-23(20)32-28/h3-11,15,18,31-32H,13-14H2,1-2H3. The van der Waals surface area contributed by atoms with Gasteiger partial charge in [-0.3, -0.25) is 4.79 Å². The van der Waals surface area contributed by atoms with Gasteiger partial charge >= 0.3 is 10.2 Å². The number of nitrogens with one attached hydrogen (secondary N) is 2. The van der Waals surface area contributed by atoms with Crippen LogP contribution in [0.25, 0.3) is 44.0 Å². The Morgan fingerprint density at radius 3 is 2.55 bits per heavy atom. The number of ether oxygens (including phenoxy) is 1. The van der Waals surface area contributed by atoms with E-state index in [0.29, 0.717) is 63.0 Å². The van der Waals surface area contributed by atoms with Crippen LogP contribution in [0.1, 0.15) is 25.5 Å². The summed E-state index contributed by atoms with van der Waals surface area (Å²) in [5, 5.41) is 14.3. The second-order valence-corrected chi connectivity index (χ2v) is 11.1. The Hall–Kier alpha value is -4.20. The minimum atomic E-state index is -4.92. The zero-order valence-electron chi connectivity index (χ0n) is 20.6. The summed E-state index contributed by atoms with van der Waals surface area (Å²) in [5.41, 5.74) is 3.25. The van der Waals surface area contributed by atoms with Gasteiger partial charge in [0, 0.05) is 29.6 Å². The quantitative estimate of drug-likeness (QED) is 0.316. The SMILES string of the molecule is CC(C)Oc1cc2c(=O)c3c4ccc(C#N)cc4[nH]c3n(C3CNC3)c2cc1-c1cccc(S(=O)(=O)F)c1. The molecule has 3 heterocycles. The van der Waals surface area contributed by atoms with Crippen LogP contribution >= 0.6 is 0 Å². The van der Waals surface area contributed by atoms with Crippen LogP contribution in [0.2, 0.25) is 0 Å². The zero-order chi connectivity index (χ0) is 26.8. The maximum atomic E-state index is 14.0. The largest absolute Gasteiger partial charge is 0.490 e. The van der Waals surface area contributed by atoms with Crippen molar-refractivity contribution in [3.05, 3.63) is 70.4 Å². The predicted molar refractivity (Wildman–Crippen MR) is 144 cm³/mol. The Morgan fingerprint density at radius 2 is 1.89 bits per heavy atom. The smallest absolute Gasteiger partial charge is 0.332 e. The van der Waals surface area contributed by atoms with Crippen molar-refractivity contribution in [2.24, 2.45) is 0 Å². The highest BCUT2D eigenvalue weighted by Crippen LogP contribution is 2.38. The summed E-state index contributed by atoms with van der Waals surface area (Å²) in [4.78, 5) is 16.9. The summed E-state index contributed by atoms with van der Waals surface area (Å²) in [7, 11) is -4.92. The molecule has 192 valence electrons. The first-order valence-electron chi connectivity index (χ1n) is 12.2. The molecule has 0 bridgehead atoms. The molecule has 10 heteroatoms. The average Bonchev–Trinajstić information content (AvgIpc) is 3.23. The van der Waals surface area contributed by atoms with Crippen molar-refractivity contribution in [2.45, 2.75) is 30.9 Å². The van der Waals surface area contributed by atoms with E-state index in [2.05, 4.69) is 20.9 Å². The number of aromatic amines is 1. The number of H-pyrrole nitrogens is 1. The molecule has 0 aliphatic carbocycles. The van der Waals surface area contributed by atoms with Gasteiger partial charge in [0.25, 0.3) is 0 Å². The highest BCUT2D eigenvalue weighted by Gasteiger charge is 2.27. The molecule has 38 heavy (non-hydrogen) atoms. The first-order valence-corrected chi connectivity index (χ1v) is 13.5. The number of benzene rings is 3. The van der Waals surface area contributed by atoms with Gasteiger partial charge in [0.15, 0.2) is 5.43 Å². The number of halogens is 1. The lowest BCUT2D eigenvalue weighted by Crippen LogP contribution is -2.44. The van der Waals surface area contributed by atoms with Crippen LogP contribution in [0, 0.1) is 11.3 Å². The fraction of sp³-hybridized carbons (Fsp3) is 0.214. The lowest BCUT2D eigenvalue weighted by Gasteiger charge is -2.32. The molecule has 1 aliphatic heterocycles. The van der Waals surface area contributed by atoms with E-state index in [-0.39, 0.29) is 17.6 Å². The first kappa shape index (κ1) is 24.2. The van der Waals surface area contributed by atoms with Crippen LogP contribution in [0.4, 0.5) is 3.89 Å². The Labute approximate surface area is 217 Å². The predicted octanol–water partition coefficient (Wildman–Crippen LogP) is 4.76. The molecule has 0 spiro atoms. The van der Waals surface area contributed by atoms with Crippen molar-refractivity contribution in [3.8, 4) is 22.9 Å². The first-order chi connectivity index (χ1) is 18.2. The third-order valence-electron chi connectivity index (χ3n) is 6.89. The second kappa shape index (κ2) is 8.68. The lowest BCUT2D eigenvalue weighted by molar-refractivity contribution is 0.244. The van der Waals surface area contributed by atoms with Crippen molar-refractivity contribution in [2.75, 3.05) is 13.1 Å². The van der Waals surface area contributed by atoms with E-state index in [1.165, 1.54) is 18.2 Å². The van der Waals surface area contributed by atoms with Crippen LogP contribution in [0.5, 0.6) is 5.75 Å². The second-order valence-electron chi connectivity index (χ2n) is 9.73. The van der Waals surface area contributed by atoms with Crippen LogP contribution < -0.4 is 15.5 Å². The number of hydrogen-bond donors (Lipinski definition) is 2. The maximum Gasteiger partial charge on any atom is 0.332 e. The van der Waals surface area contributed by atoms with Crippen LogP contribution in [-0.2, 0) is 10.2 Å². The minimum absolute atomic E-state index is 0.0476. The normalized spacial score (nSPS) is 14.3. The minimum Gasteiger partial charge on any atom is -0.490 e. The molecule has 6 rings (SSSR count). The Kier molecular flexibility index (Phi) is 5.52. The molecule has 8 nitrogen and oxygen atoms in total. The van der Waals surface area contributed by atoms with Crippen molar-refractivity contribution in [1.29, 1.82) is 5.26 Å². The fourth-order valence-electron chi connectivity index (χ4n) is 5.10. The summed E-state index contributed by atoms with van der Waals surface area (Å²) in [6.45, 7) is 5.09. The molecule has 5 aromatic rings. The van der Waals surface area contributed by atoms with Gasteiger partial charge in [-0.2, -0.15) is 13.7 Å². The molecule has 0 atom stereocenters. The average molecular weight is 531 g/mol. The molecule has 0 saturated carbocycles. The maximum absolute atomic E-state index is 14.0. The number of pyridine rings is 1. The zero-order valence-corrected chi connectivity index (χ0v) is 21.4. The number of rotatable bonds is 5. The number of nitrogens with zero attached hydrogens (tertiary/aromatic N) is 2. The van der Waals surface area contributed by atoms with E-state index in [0.717, 1.165) is 5.39 Å². The lowest BCUT2D eigenvalue weighted by atomic mass is 9.99. The topological polar surface area (TPSA) is 117 Å². The third kappa shape index (κ3) is 3.83. The highest BCUT2D eigenvalue weighted by molar-refractivity contribution is 7.86. The number of aromatic nitrogens is 2. The monoisotopic (exact) mass is 530 g/mol. The molecule has 0 radical (unpaired) electrons. The molecule has 1 aliphatic rings. The van der Waals surface area contributed by atoms with Crippen LogP contribution in [0.3, 0.4) is 0 Å². The van der Waals surface area contributed by atoms with Crippen molar-refractivity contribution in [1.82, 2.24) is 14.9 Å². The van der Waals surface area contributed by atoms with Gasteiger partial charge in [-0.05, 0) is 55.8 Å². The Morgan fingerprint density at radius 1 is 1.11 bits per heavy atom. The van der Waals surface area contributed by atoms with E-state index in [4.69, 9.17) is 4.74 Å². The van der Waals surface area contributed by atoms with E-state index in [1.807, 2.05) is 19.9 Å². The van der Waals surface area contributed by atoms with Crippen LogP contribution in [-0.4, -0.2) is 37.2 Å². The van der Waals surface area contributed by atoms with E-state index in [1.54, 1.807) is 30.3 Å². The van der Waals surface area contributed by atoms with Crippen molar-refractivity contribution < 1.29 is 17.0 Å². The molecule has 0 amide bonds. The van der Waals surface area contributed by atoms with Crippen molar-refractivity contribution >= 4 is 43.1 Å². The molecule has 1 saturated heterocycles. The third-order valence-corrected chi connectivity index (χ3v) is 7.71. The van der Waals surface area contributed by atoms with Gasteiger partial charge in [0.2, 0.25) is 0 Å². The van der Waals surface area contributed by atoms with Crippen LogP contribution in [0.15, 0.2) is 64.3 Å². The molecular weight excluding hydrogens is 507 g/mol. The molecule has 0 unspecified atom stereocenters. The van der Waals surface area contributed by atoms with Gasteiger partial charge < -0.3 is 19.6 Å². The van der Waals surface area contributed by atoms with Gasteiger partial charge in [0.1, 0.15) is 11.4 Å². The van der Waals surface area contributed by atoms with E-state index >= 15 is 0 Å². The highest BCUT2D eigenvalue weighted by atomic mass is 32.3. The summed E-state index contributed by atoms with van der Waals surface area (Å²) in [6, 6.07) is 16.5. The fourth-order valence-corrected chi connectivity index (χ4v) is 5.60. The van der Waals surface area contributed by atoms with Crippen molar-refractivity contribution in [3.63, 3.8) is 0 Å². The number of fused-ring (bicyclic) bond motifs is 4. The summed E-state index contributed by atoms with van der Waals surface area (Å²) in [6.07, 6.45) is -0.237. The Balaban J connectivity index is 1.74. The molecule has 2 N–H and O–H groups in total. The van der Waals surface area contributed by atoms with E-state index < -0.39 is 15.1 Å². The summed E-state index contributed by atoms with van der Waals surface area (Å²) >= 11 is 0. The van der Waals surface area contributed by atoms with Gasteiger partial charge in [-0.15, -0.1) is 3.89 Å². The molecular formula is C28H23FN4O4S. The molecule has 1 fully saturated rings. The van der Waals surface area contributed by atoms with E-state index in [9.17, 15) is 22.4 Å². The number of nitriles is 1. The van der Waals surface area contributed by atoms with Gasteiger partial charge in [-0.1, -0.05) is 18.2 Å². The van der Waals surface area contributed by atoms with Gasteiger partial charge in [-0.25, -0.2) is 0 Å².